The van der Waals surface area contributed by atoms with Gasteiger partial charge in [0, 0.05) is 44.5 Å². The number of H-pyrrole nitrogens is 1. The lowest BCUT2D eigenvalue weighted by Crippen LogP contribution is -2.63. The normalized spacial score (nSPS) is 25.8. The zero-order chi connectivity index (χ0) is 17.1. The molecule has 4 rings (SSSR count). The predicted octanol–water partition coefficient (Wildman–Crippen LogP) is 2.15. The third kappa shape index (κ3) is 3.34. The Morgan fingerprint density at radius 3 is 2.48 bits per heavy atom. The minimum Gasteiger partial charge on any atom is -0.379 e. The lowest BCUT2D eigenvalue weighted by atomic mass is 9.78. The van der Waals surface area contributed by atoms with Crippen LogP contribution in [0.4, 0.5) is 0 Å². The number of imidazole rings is 1. The molecule has 0 spiro atoms. The number of aromatic nitrogens is 2. The first kappa shape index (κ1) is 17.0. The van der Waals surface area contributed by atoms with E-state index in [0.29, 0.717) is 11.8 Å². The highest BCUT2D eigenvalue weighted by Crippen LogP contribution is 2.37. The Balaban J connectivity index is 1.45. The first-order valence-electron chi connectivity index (χ1n) is 9.91. The molecule has 1 N–H and O–H groups in total. The number of morpholine rings is 1. The van der Waals surface area contributed by atoms with Crippen LogP contribution < -0.4 is 0 Å². The molecule has 6 heteroatoms. The van der Waals surface area contributed by atoms with E-state index >= 15 is 0 Å². The molecule has 3 aliphatic rings. The number of rotatable bonds is 3. The SMILES string of the molecule is O=C(N1CCC(c2ncc[nH]2)CC1)C1(N2CCOCC2)CCCCC1. The van der Waals surface area contributed by atoms with Crippen molar-refractivity contribution < 1.29 is 9.53 Å². The predicted molar refractivity (Wildman–Crippen MR) is 95.4 cm³/mol. The summed E-state index contributed by atoms with van der Waals surface area (Å²) in [7, 11) is 0. The maximum absolute atomic E-state index is 13.6. The molecule has 25 heavy (non-hydrogen) atoms. The van der Waals surface area contributed by atoms with Crippen molar-refractivity contribution in [2.24, 2.45) is 0 Å². The van der Waals surface area contributed by atoms with Crippen LogP contribution in [-0.4, -0.2) is 70.6 Å². The van der Waals surface area contributed by atoms with Gasteiger partial charge < -0.3 is 14.6 Å². The van der Waals surface area contributed by atoms with E-state index < -0.39 is 0 Å². The van der Waals surface area contributed by atoms with Crippen LogP contribution in [0.3, 0.4) is 0 Å². The molecule has 3 heterocycles. The van der Waals surface area contributed by atoms with Gasteiger partial charge in [-0.15, -0.1) is 0 Å². The molecule has 2 aliphatic heterocycles. The van der Waals surface area contributed by atoms with E-state index in [4.69, 9.17) is 4.74 Å². The topological polar surface area (TPSA) is 61.5 Å². The Morgan fingerprint density at radius 2 is 1.84 bits per heavy atom. The Labute approximate surface area is 149 Å². The molecule has 0 unspecified atom stereocenters. The molecular weight excluding hydrogens is 316 g/mol. The van der Waals surface area contributed by atoms with Crippen molar-refractivity contribution in [1.82, 2.24) is 19.8 Å². The Morgan fingerprint density at radius 1 is 1.12 bits per heavy atom. The summed E-state index contributed by atoms with van der Waals surface area (Å²) in [5.74, 6) is 1.92. The van der Waals surface area contributed by atoms with Crippen LogP contribution in [0.1, 0.15) is 56.7 Å². The van der Waals surface area contributed by atoms with Gasteiger partial charge >= 0.3 is 0 Å². The van der Waals surface area contributed by atoms with Gasteiger partial charge in [-0.25, -0.2) is 4.98 Å². The van der Waals surface area contributed by atoms with E-state index in [1.165, 1.54) is 19.3 Å². The van der Waals surface area contributed by atoms with Crippen LogP contribution in [0.15, 0.2) is 12.4 Å². The average molecular weight is 346 g/mol. The van der Waals surface area contributed by atoms with Crippen molar-refractivity contribution >= 4 is 5.91 Å². The molecular formula is C19H30N4O2. The monoisotopic (exact) mass is 346 g/mol. The zero-order valence-corrected chi connectivity index (χ0v) is 15.1. The number of likely N-dealkylation sites (tertiary alicyclic amines) is 1. The number of piperidine rings is 1. The van der Waals surface area contributed by atoms with Crippen LogP contribution in [0.2, 0.25) is 0 Å². The zero-order valence-electron chi connectivity index (χ0n) is 15.1. The van der Waals surface area contributed by atoms with Crippen molar-refractivity contribution in [2.45, 2.75) is 56.4 Å². The summed E-state index contributed by atoms with van der Waals surface area (Å²) in [6.07, 6.45) is 11.4. The quantitative estimate of drug-likeness (QED) is 0.911. The van der Waals surface area contributed by atoms with E-state index in [0.717, 1.165) is 70.9 Å². The van der Waals surface area contributed by atoms with Crippen molar-refractivity contribution in [3.8, 4) is 0 Å². The minimum absolute atomic E-state index is 0.264. The maximum Gasteiger partial charge on any atom is 0.243 e. The van der Waals surface area contributed by atoms with Gasteiger partial charge in [0.2, 0.25) is 5.91 Å². The lowest BCUT2D eigenvalue weighted by Gasteiger charge is -2.49. The van der Waals surface area contributed by atoms with Gasteiger partial charge in [-0.05, 0) is 25.7 Å². The first-order chi connectivity index (χ1) is 12.3. The van der Waals surface area contributed by atoms with Crippen molar-refractivity contribution in [3.05, 3.63) is 18.2 Å². The van der Waals surface area contributed by atoms with Crippen molar-refractivity contribution in [2.75, 3.05) is 39.4 Å². The standard InChI is InChI=1S/C19H30N4O2/c24-18(22-10-4-16(5-11-22)17-20-8-9-21-17)19(6-2-1-3-7-19)23-12-14-25-15-13-23/h8-9,16H,1-7,10-15H2,(H,20,21). The summed E-state index contributed by atoms with van der Waals surface area (Å²) >= 11 is 0. The highest BCUT2D eigenvalue weighted by atomic mass is 16.5. The number of carbonyl (C=O) groups is 1. The number of nitrogens with zero attached hydrogens (tertiary/aromatic N) is 3. The molecule has 1 amide bonds. The van der Waals surface area contributed by atoms with Crippen LogP contribution in [0.5, 0.6) is 0 Å². The van der Waals surface area contributed by atoms with Gasteiger partial charge in [0.05, 0.1) is 13.2 Å². The molecule has 1 aliphatic carbocycles. The minimum atomic E-state index is -0.264. The third-order valence-electron chi connectivity index (χ3n) is 6.38. The van der Waals surface area contributed by atoms with E-state index in [2.05, 4.69) is 19.8 Å². The van der Waals surface area contributed by atoms with E-state index in [-0.39, 0.29) is 5.54 Å². The van der Waals surface area contributed by atoms with Crippen LogP contribution in [0, 0.1) is 0 Å². The molecule has 1 aromatic rings. The number of amides is 1. The number of ether oxygens (including phenoxy) is 1. The second-order valence-electron chi connectivity index (χ2n) is 7.73. The molecule has 0 bridgehead atoms. The molecule has 1 aromatic heterocycles. The van der Waals surface area contributed by atoms with Gasteiger partial charge in [-0.2, -0.15) is 0 Å². The molecule has 138 valence electrons. The van der Waals surface area contributed by atoms with E-state index in [1.807, 2.05) is 12.4 Å². The fraction of sp³-hybridized carbons (Fsp3) is 0.789. The Kier molecular flexibility index (Phi) is 5.08. The van der Waals surface area contributed by atoms with Crippen LogP contribution in [-0.2, 0) is 9.53 Å². The number of hydrogen-bond acceptors (Lipinski definition) is 4. The smallest absolute Gasteiger partial charge is 0.243 e. The molecule has 6 nitrogen and oxygen atoms in total. The largest absolute Gasteiger partial charge is 0.379 e. The van der Waals surface area contributed by atoms with Crippen molar-refractivity contribution in [1.29, 1.82) is 0 Å². The Bertz CT molecular complexity index is 554. The summed E-state index contributed by atoms with van der Waals surface area (Å²) in [4.78, 5) is 25.8. The average Bonchev–Trinajstić information content (AvgIpc) is 3.24. The number of carbonyl (C=O) groups excluding carboxylic acids is 1. The van der Waals surface area contributed by atoms with Crippen molar-refractivity contribution in [3.63, 3.8) is 0 Å². The van der Waals surface area contributed by atoms with Gasteiger partial charge in [0.25, 0.3) is 0 Å². The lowest BCUT2D eigenvalue weighted by molar-refractivity contribution is -0.152. The highest BCUT2D eigenvalue weighted by Gasteiger charge is 2.47. The molecule has 0 radical (unpaired) electrons. The number of nitrogens with one attached hydrogen (secondary N) is 1. The van der Waals surface area contributed by atoms with Gasteiger partial charge in [0.15, 0.2) is 0 Å². The highest BCUT2D eigenvalue weighted by molar-refractivity contribution is 5.86. The van der Waals surface area contributed by atoms with Crippen LogP contribution >= 0.6 is 0 Å². The molecule has 2 saturated heterocycles. The summed E-state index contributed by atoms with van der Waals surface area (Å²) < 4.78 is 5.54. The summed E-state index contributed by atoms with van der Waals surface area (Å²) in [6.45, 7) is 5.03. The Hall–Kier alpha value is -1.40. The summed E-state index contributed by atoms with van der Waals surface area (Å²) in [5.41, 5.74) is -0.264. The molecule has 3 fully saturated rings. The van der Waals surface area contributed by atoms with Crippen LogP contribution in [0.25, 0.3) is 0 Å². The van der Waals surface area contributed by atoms with E-state index in [9.17, 15) is 4.79 Å². The first-order valence-corrected chi connectivity index (χ1v) is 9.91. The molecule has 0 aromatic carbocycles. The number of aromatic amines is 1. The fourth-order valence-electron chi connectivity index (χ4n) is 4.94. The summed E-state index contributed by atoms with van der Waals surface area (Å²) in [5, 5.41) is 0. The number of hydrogen-bond donors (Lipinski definition) is 1. The van der Waals surface area contributed by atoms with Gasteiger partial charge in [-0.1, -0.05) is 19.3 Å². The molecule has 1 saturated carbocycles. The second-order valence-corrected chi connectivity index (χ2v) is 7.73. The van der Waals surface area contributed by atoms with Gasteiger partial charge in [-0.3, -0.25) is 9.69 Å². The van der Waals surface area contributed by atoms with Gasteiger partial charge in [0.1, 0.15) is 11.4 Å². The molecule has 0 atom stereocenters. The third-order valence-corrected chi connectivity index (χ3v) is 6.38. The van der Waals surface area contributed by atoms with E-state index in [1.54, 1.807) is 0 Å². The summed E-state index contributed by atoms with van der Waals surface area (Å²) in [6, 6.07) is 0. The second kappa shape index (κ2) is 7.46. The maximum atomic E-state index is 13.6. The fourth-order valence-corrected chi connectivity index (χ4v) is 4.94.